The summed E-state index contributed by atoms with van der Waals surface area (Å²) in [5, 5.41) is 8.84. The van der Waals surface area contributed by atoms with Gasteiger partial charge in [0.15, 0.2) is 0 Å². The molecule has 2 aromatic carbocycles. The quantitative estimate of drug-likeness (QED) is 0.433. The first-order valence-electron chi connectivity index (χ1n) is 10.7. The molecular weight excluding hydrogens is 440 g/mol. The maximum atomic E-state index is 13.4. The zero-order valence-electron chi connectivity index (χ0n) is 18.9. The molecule has 0 fully saturated rings. The van der Waals surface area contributed by atoms with Gasteiger partial charge in [0.05, 0.1) is 23.5 Å². The van der Waals surface area contributed by atoms with Crippen molar-refractivity contribution in [1.82, 2.24) is 14.3 Å². The van der Waals surface area contributed by atoms with Gasteiger partial charge in [-0.15, -0.1) is 0 Å². The highest BCUT2D eigenvalue weighted by atomic mass is 35.5. The summed E-state index contributed by atoms with van der Waals surface area (Å²) < 4.78 is 8.45. The average molecular weight is 465 g/mol. The van der Waals surface area contributed by atoms with Crippen LogP contribution >= 0.6 is 11.6 Å². The molecule has 1 amide bonds. The van der Waals surface area contributed by atoms with E-state index in [-0.39, 0.29) is 11.5 Å². The predicted molar refractivity (Wildman–Crippen MR) is 131 cm³/mol. The van der Waals surface area contributed by atoms with Gasteiger partial charge in [0.25, 0.3) is 5.56 Å². The molecule has 0 aliphatic heterocycles. The summed E-state index contributed by atoms with van der Waals surface area (Å²) in [5.41, 5.74) is 3.28. The Kier molecular flexibility index (Phi) is 6.24. The Morgan fingerprint density at radius 3 is 2.52 bits per heavy atom. The molecule has 0 saturated carbocycles. The van der Waals surface area contributed by atoms with Crippen LogP contribution in [0.5, 0.6) is 5.75 Å². The van der Waals surface area contributed by atoms with E-state index >= 15 is 0 Å². The van der Waals surface area contributed by atoms with E-state index in [4.69, 9.17) is 21.4 Å². The van der Waals surface area contributed by atoms with E-state index in [1.54, 1.807) is 28.9 Å². The number of benzene rings is 2. The third-order valence-corrected chi connectivity index (χ3v) is 5.95. The summed E-state index contributed by atoms with van der Waals surface area (Å²) in [7, 11) is 1.53. The minimum atomic E-state index is -0.750. The van der Waals surface area contributed by atoms with Gasteiger partial charge in [0.1, 0.15) is 17.4 Å². The van der Waals surface area contributed by atoms with E-state index in [0.717, 1.165) is 22.3 Å². The maximum absolute atomic E-state index is 13.4. The predicted octanol–water partition coefficient (Wildman–Crippen LogP) is 5.06. The number of nitrogens with one attached hydrogen (secondary N) is 1. The van der Waals surface area contributed by atoms with Gasteiger partial charge in [-0.3, -0.25) is 14.2 Å². The molecule has 1 N–H and O–H groups in total. The fourth-order valence-electron chi connectivity index (χ4n) is 4.14. The number of methoxy groups -OCH3 is 1. The van der Waals surface area contributed by atoms with E-state index in [2.05, 4.69) is 5.32 Å². The van der Waals surface area contributed by atoms with E-state index in [1.807, 2.05) is 51.1 Å². The average Bonchev–Trinajstić information content (AvgIpc) is 3.14. The second kappa shape index (κ2) is 9.11. The van der Waals surface area contributed by atoms with Crippen molar-refractivity contribution < 1.29 is 9.53 Å². The summed E-state index contributed by atoms with van der Waals surface area (Å²) in [6, 6.07) is 15.4. The summed E-state index contributed by atoms with van der Waals surface area (Å²) >= 11 is 6.21. The minimum Gasteiger partial charge on any atom is -0.495 e. The first-order chi connectivity index (χ1) is 15.8. The number of pyridine rings is 1. The highest BCUT2D eigenvalue weighted by molar-refractivity contribution is 6.32. The molecule has 0 bridgehead atoms. The molecule has 33 heavy (non-hydrogen) atoms. The molecule has 8 heteroatoms. The van der Waals surface area contributed by atoms with E-state index < -0.39 is 6.04 Å². The Hall–Kier alpha value is -3.58. The molecule has 2 aromatic heterocycles. The lowest BCUT2D eigenvalue weighted by Crippen LogP contribution is -2.34. The molecule has 2 heterocycles. The Labute approximate surface area is 196 Å². The van der Waals surface area contributed by atoms with Crippen LogP contribution < -0.4 is 15.6 Å². The number of halogens is 1. The SMILES string of the molecule is CCC(C(=O)Nc1ccc(OC)c(Cl)c1)n1c(=O)cc(C)c2c(C)nn(-c3ccccc3)c21. The Morgan fingerprint density at radius 2 is 1.88 bits per heavy atom. The second-order valence-electron chi connectivity index (χ2n) is 7.83. The first kappa shape index (κ1) is 22.6. The number of hydrogen-bond acceptors (Lipinski definition) is 4. The third-order valence-electron chi connectivity index (χ3n) is 5.66. The van der Waals surface area contributed by atoms with Crippen molar-refractivity contribution in [3.05, 3.63) is 81.2 Å². The van der Waals surface area contributed by atoms with E-state index in [0.29, 0.717) is 28.5 Å². The van der Waals surface area contributed by atoms with Crippen LogP contribution in [0.15, 0.2) is 59.4 Å². The van der Waals surface area contributed by atoms with E-state index in [1.165, 1.54) is 11.7 Å². The fourth-order valence-corrected chi connectivity index (χ4v) is 4.39. The van der Waals surface area contributed by atoms with Crippen molar-refractivity contribution in [3.8, 4) is 11.4 Å². The number of aryl methyl sites for hydroxylation is 2. The number of aromatic nitrogens is 3. The smallest absolute Gasteiger partial charge is 0.253 e. The van der Waals surface area contributed by atoms with Crippen molar-refractivity contribution >= 4 is 34.2 Å². The number of anilines is 1. The van der Waals surface area contributed by atoms with Crippen LogP contribution in [-0.4, -0.2) is 27.4 Å². The molecule has 0 saturated heterocycles. The van der Waals surface area contributed by atoms with Crippen LogP contribution in [0.2, 0.25) is 5.02 Å². The van der Waals surface area contributed by atoms with Crippen LogP contribution in [0.25, 0.3) is 16.7 Å². The molecule has 0 aliphatic carbocycles. The Bertz CT molecular complexity index is 1390. The van der Waals surface area contributed by atoms with Gasteiger partial charge >= 0.3 is 0 Å². The van der Waals surface area contributed by atoms with Gasteiger partial charge in [-0.05, 0) is 56.2 Å². The summed E-state index contributed by atoms with van der Waals surface area (Å²) in [4.78, 5) is 26.6. The standard InChI is InChI=1S/C25H25ClN4O3/c1-5-20(24(32)27-17-11-12-21(33-4)19(26)14-17)29-22(31)13-15(2)23-16(3)28-30(25(23)29)18-9-7-6-8-10-18/h6-14,20H,5H2,1-4H3,(H,27,32). The number of amides is 1. The van der Waals surface area contributed by atoms with E-state index in [9.17, 15) is 9.59 Å². The summed E-state index contributed by atoms with van der Waals surface area (Å²) in [6.07, 6.45) is 0.410. The number of para-hydroxylation sites is 1. The molecule has 0 radical (unpaired) electrons. The molecule has 4 aromatic rings. The van der Waals surface area contributed by atoms with Gasteiger partial charge in [-0.2, -0.15) is 5.10 Å². The van der Waals surface area contributed by atoms with Gasteiger partial charge in [0, 0.05) is 17.1 Å². The van der Waals surface area contributed by atoms with Crippen LogP contribution in [0, 0.1) is 13.8 Å². The minimum absolute atomic E-state index is 0.258. The molecule has 1 atom stereocenters. The largest absolute Gasteiger partial charge is 0.495 e. The van der Waals surface area contributed by atoms with Crippen LogP contribution in [-0.2, 0) is 4.79 Å². The van der Waals surface area contributed by atoms with Crippen LogP contribution in [0.4, 0.5) is 5.69 Å². The number of carbonyl (C=O) groups is 1. The van der Waals surface area contributed by atoms with Gasteiger partial charge < -0.3 is 10.1 Å². The number of nitrogens with zero attached hydrogens (tertiary/aromatic N) is 3. The van der Waals surface area contributed by atoms with Crippen LogP contribution in [0.3, 0.4) is 0 Å². The zero-order chi connectivity index (χ0) is 23.7. The normalized spacial score (nSPS) is 12.0. The Morgan fingerprint density at radius 1 is 1.15 bits per heavy atom. The number of ether oxygens (including phenoxy) is 1. The highest BCUT2D eigenvalue weighted by Crippen LogP contribution is 2.29. The van der Waals surface area contributed by atoms with Crippen LogP contribution in [0.1, 0.15) is 30.6 Å². The molecule has 0 aliphatic rings. The molecule has 170 valence electrons. The monoisotopic (exact) mass is 464 g/mol. The zero-order valence-corrected chi connectivity index (χ0v) is 19.7. The first-order valence-corrected chi connectivity index (χ1v) is 11.0. The van der Waals surface area contributed by atoms with Crippen molar-refractivity contribution in [3.63, 3.8) is 0 Å². The topological polar surface area (TPSA) is 78.2 Å². The lowest BCUT2D eigenvalue weighted by molar-refractivity contribution is -0.119. The number of rotatable bonds is 6. The highest BCUT2D eigenvalue weighted by Gasteiger charge is 2.26. The molecule has 0 spiro atoms. The number of fused-ring (bicyclic) bond motifs is 1. The van der Waals surface area contributed by atoms with Gasteiger partial charge in [0.2, 0.25) is 5.91 Å². The summed E-state index contributed by atoms with van der Waals surface area (Å²) in [6.45, 7) is 5.67. The maximum Gasteiger partial charge on any atom is 0.253 e. The van der Waals surface area contributed by atoms with Crippen molar-refractivity contribution in [2.75, 3.05) is 12.4 Å². The molecule has 7 nitrogen and oxygen atoms in total. The summed E-state index contributed by atoms with van der Waals surface area (Å²) in [5.74, 6) is 0.199. The lowest BCUT2D eigenvalue weighted by Gasteiger charge is -2.21. The van der Waals surface area contributed by atoms with Crippen molar-refractivity contribution in [2.24, 2.45) is 0 Å². The van der Waals surface area contributed by atoms with Gasteiger partial charge in [-0.1, -0.05) is 36.7 Å². The number of hydrogen-bond donors (Lipinski definition) is 1. The fraction of sp³-hybridized carbons (Fsp3) is 0.240. The van der Waals surface area contributed by atoms with Gasteiger partial charge in [-0.25, -0.2) is 4.68 Å². The number of carbonyl (C=O) groups excluding carboxylic acids is 1. The van der Waals surface area contributed by atoms with Crippen molar-refractivity contribution in [1.29, 1.82) is 0 Å². The second-order valence-corrected chi connectivity index (χ2v) is 8.24. The molecule has 4 rings (SSSR count). The third kappa shape index (κ3) is 4.12. The van der Waals surface area contributed by atoms with Crippen molar-refractivity contribution in [2.45, 2.75) is 33.2 Å². The lowest BCUT2D eigenvalue weighted by atomic mass is 10.1. The molecule has 1 unspecified atom stereocenters. The molecular formula is C25H25ClN4O3. The Balaban J connectivity index is 1.86.